The van der Waals surface area contributed by atoms with Crippen molar-refractivity contribution in [3.8, 4) is 5.75 Å². The number of amides is 1. The zero-order valence-electron chi connectivity index (χ0n) is 10.4. The van der Waals surface area contributed by atoms with Crippen LogP contribution in [0.25, 0.3) is 0 Å². The van der Waals surface area contributed by atoms with Crippen LogP contribution in [0, 0.1) is 0 Å². The Labute approximate surface area is 126 Å². The zero-order chi connectivity index (χ0) is 14.5. The Morgan fingerprint density at radius 3 is 2.65 bits per heavy atom. The smallest absolute Gasteiger partial charge is 0.262 e. The van der Waals surface area contributed by atoms with Gasteiger partial charge in [-0.1, -0.05) is 35.3 Å². The van der Waals surface area contributed by atoms with Gasteiger partial charge < -0.3 is 15.8 Å². The third-order valence-corrected chi connectivity index (χ3v) is 3.03. The molecule has 20 heavy (non-hydrogen) atoms. The van der Waals surface area contributed by atoms with Gasteiger partial charge in [-0.2, -0.15) is 0 Å². The second-order valence-electron chi connectivity index (χ2n) is 4.00. The first-order valence-corrected chi connectivity index (χ1v) is 6.54. The lowest BCUT2D eigenvalue weighted by molar-refractivity contribution is -0.118. The molecule has 0 saturated heterocycles. The quantitative estimate of drug-likeness (QED) is 0.848. The zero-order valence-corrected chi connectivity index (χ0v) is 11.9. The summed E-state index contributed by atoms with van der Waals surface area (Å²) in [7, 11) is 0. The largest absolute Gasteiger partial charge is 0.484 e. The highest BCUT2D eigenvalue weighted by Crippen LogP contribution is 2.27. The predicted octanol–water partition coefficient (Wildman–Crippen LogP) is 3.59. The first kappa shape index (κ1) is 14.5. The summed E-state index contributed by atoms with van der Waals surface area (Å²) < 4.78 is 5.32. The molecule has 0 spiro atoms. The van der Waals surface area contributed by atoms with E-state index in [1.165, 1.54) is 0 Å². The van der Waals surface area contributed by atoms with E-state index < -0.39 is 0 Å². The lowest BCUT2D eigenvalue weighted by atomic mass is 10.2. The van der Waals surface area contributed by atoms with Gasteiger partial charge in [0.25, 0.3) is 5.91 Å². The summed E-state index contributed by atoms with van der Waals surface area (Å²) in [5.74, 6) is 0.157. The van der Waals surface area contributed by atoms with Crippen LogP contribution in [-0.2, 0) is 4.79 Å². The van der Waals surface area contributed by atoms with Crippen molar-refractivity contribution in [2.75, 3.05) is 17.7 Å². The Hall–Kier alpha value is -1.91. The molecule has 0 radical (unpaired) electrons. The van der Waals surface area contributed by atoms with E-state index in [2.05, 4.69) is 5.32 Å². The molecule has 2 rings (SSSR count). The van der Waals surface area contributed by atoms with Crippen molar-refractivity contribution in [3.63, 3.8) is 0 Å². The highest BCUT2D eigenvalue weighted by atomic mass is 35.5. The molecule has 0 atom stereocenters. The van der Waals surface area contributed by atoms with Gasteiger partial charge in [-0.15, -0.1) is 0 Å². The summed E-state index contributed by atoms with van der Waals surface area (Å²) in [4.78, 5) is 11.8. The molecule has 0 bridgehead atoms. The number of nitrogens with one attached hydrogen (secondary N) is 1. The summed E-state index contributed by atoms with van der Waals surface area (Å²) in [6, 6.07) is 11.8. The van der Waals surface area contributed by atoms with E-state index in [-0.39, 0.29) is 12.5 Å². The van der Waals surface area contributed by atoms with Crippen molar-refractivity contribution in [1.29, 1.82) is 0 Å². The Morgan fingerprint density at radius 1 is 1.20 bits per heavy atom. The third-order valence-electron chi connectivity index (χ3n) is 2.48. The Kier molecular flexibility index (Phi) is 4.71. The summed E-state index contributed by atoms with van der Waals surface area (Å²) >= 11 is 11.8. The number of para-hydroxylation sites is 1. The minimum absolute atomic E-state index is 0.162. The fourth-order valence-electron chi connectivity index (χ4n) is 1.55. The van der Waals surface area contributed by atoms with Gasteiger partial charge in [-0.05, 0) is 30.3 Å². The second-order valence-corrected chi connectivity index (χ2v) is 4.84. The van der Waals surface area contributed by atoms with Crippen LogP contribution in [0.1, 0.15) is 0 Å². The number of hydrogen-bond acceptors (Lipinski definition) is 3. The highest BCUT2D eigenvalue weighted by Gasteiger charge is 2.09. The number of carbonyl (C=O) groups is 1. The van der Waals surface area contributed by atoms with E-state index in [9.17, 15) is 4.79 Å². The maximum Gasteiger partial charge on any atom is 0.262 e. The first-order chi connectivity index (χ1) is 9.56. The number of anilines is 2. The van der Waals surface area contributed by atoms with Crippen LogP contribution in [0.4, 0.5) is 11.4 Å². The average molecular weight is 311 g/mol. The number of hydrogen-bond donors (Lipinski definition) is 2. The fraction of sp³-hybridized carbons (Fsp3) is 0.0714. The van der Waals surface area contributed by atoms with Gasteiger partial charge in [-0.3, -0.25) is 4.79 Å². The molecular formula is C14H12Cl2N2O2. The Bertz CT molecular complexity index is 612. The lowest BCUT2D eigenvalue weighted by Gasteiger charge is -2.10. The maximum absolute atomic E-state index is 11.8. The molecule has 0 aromatic heterocycles. The van der Waals surface area contributed by atoms with E-state index in [4.69, 9.17) is 33.7 Å². The molecule has 1 amide bonds. The Morgan fingerprint density at radius 2 is 1.95 bits per heavy atom. The van der Waals surface area contributed by atoms with Gasteiger partial charge in [0.15, 0.2) is 6.61 Å². The van der Waals surface area contributed by atoms with Crippen LogP contribution in [0.2, 0.25) is 10.0 Å². The number of benzene rings is 2. The molecular weight excluding hydrogens is 299 g/mol. The predicted molar refractivity (Wildman–Crippen MR) is 81.4 cm³/mol. The van der Waals surface area contributed by atoms with Crippen molar-refractivity contribution in [2.45, 2.75) is 0 Å². The molecule has 0 aliphatic carbocycles. The van der Waals surface area contributed by atoms with Crippen molar-refractivity contribution < 1.29 is 9.53 Å². The standard InChI is InChI=1S/C14H12Cl2N2O2/c15-9-3-1-4-10(7-9)20-8-13(19)18-14-11(16)5-2-6-12(14)17/h1-7H,8,17H2,(H,18,19). The molecule has 3 N–H and O–H groups in total. The van der Waals surface area contributed by atoms with Gasteiger partial charge in [0.1, 0.15) is 5.75 Å². The van der Waals surface area contributed by atoms with Gasteiger partial charge >= 0.3 is 0 Å². The number of nitrogens with two attached hydrogens (primary N) is 1. The summed E-state index contributed by atoms with van der Waals surface area (Å²) in [6.07, 6.45) is 0. The van der Waals surface area contributed by atoms with E-state index in [0.29, 0.717) is 27.2 Å². The monoisotopic (exact) mass is 310 g/mol. The van der Waals surface area contributed by atoms with Crippen molar-refractivity contribution in [2.24, 2.45) is 0 Å². The summed E-state index contributed by atoms with van der Waals surface area (Å²) in [6.45, 7) is -0.162. The minimum atomic E-state index is -0.357. The molecule has 6 heteroatoms. The average Bonchev–Trinajstić information content (AvgIpc) is 2.41. The maximum atomic E-state index is 11.8. The molecule has 0 aliphatic heterocycles. The van der Waals surface area contributed by atoms with E-state index in [0.717, 1.165) is 0 Å². The molecule has 0 heterocycles. The minimum Gasteiger partial charge on any atom is -0.484 e. The van der Waals surface area contributed by atoms with Crippen molar-refractivity contribution in [1.82, 2.24) is 0 Å². The third kappa shape index (κ3) is 3.79. The Balaban J connectivity index is 1.96. The molecule has 0 unspecified atom stereocenters. The normalized spacial score (nSPS) is 10.1. The SMILES string of the molecule is Nc1cccc(Cl)c1NC(=O)COc1cccc(Cl)c1. The summed E-state index contributed by atoms with van der Waals surface area (Å²) in [5, 5.41) is 3.53. The van der Waals surface area contributed by atoms with Crippen LogP contribution in [0.5, 0.6) is 5.75 Å². The first-order valence-electron chi connectivity index (χ1n) is 5.78. The van der Waals surface area contributed by atoms with E-state index in [1.807, 2.05) is 0 Å². The molecule has 0 aliphatic rings. The topological polar surface area (TPSA) is 64.3 Å². The number of halogens is 2. The number of rotatable bonds is 4. The summed E-state index contributed by atoms with van der Waals surface area (Å²) in [5.41, 5.74) is 6.52. The van der Waals surface area contributed by atoms with Crippen LogP contribution in [0.3, 0.4) is 0 Å². The number of nitrogen functional groups attached to an aromatic ring is 1. The number of ether oxygens (including phenoxy) is 1. The fourth-order valence-corrected chi connectivity index (χ4v) is 1.96. The van der Waals surface area contributed by atoms with Crippen LogP contribution < -0.4 is 15.8 Å². The van der Waals surface area contributed by atoms with Crippen LogP contribution in [-0.4, -0.2) is 12.5 Å². The molecule has 104 valence electrons. The molecule has 2 aromatic rings. The molecule has 2 aromatic carbocycles. The van der Waals surface area contributed by atoms with Crippen LogP contribution >= 0.6 is 23.2 Å². The van der Waals surface area contributed by atoms with Gasteiger partial charge in [-0.25, -0.2) is 0 Å². The van der Waals surface area contributed by atoms with Gasteiger partial charge in [0.05, 0.1) is 16.4 Å². The highest BCUT2D eigenvalue weighted by molar-refractivity contribution is 6.34. The van der Waals surface area contributed by atoms with Crippen molar-refractivity contribution in [3.05, 3.63) is 52.5 Å². The number of carbonyl (C=O) groups excluding carboxylic acids is 1. The lowest BCUT2D eigenvalue weighted by Crippen LogP contribution is -2.21. The molecule has 4 nitrogen and oxygen atoms in total. The molecule has 0 saturated carbocycles. The van der Waals surface area contributed by atoms with E-state index in [1.54, 1.807) is 42.5 Å². The van der Waals surface area contributed by atoms with Crippen molar-refractivity contribution >= 4 is 40.5 Å². The second kappa shape index (κ2) is 6.50. The molecule has 0 fully saturated rings. The van der Waals surface area contributed by atoms with E-state index >= 15 is 0 Å². The van der Waals surface area contributed by atoms with Gasteiger partial charge in [0.2, 0.25) is 0 Å². The van der Waals surface area contributed by atoms with Gasteiger partial charge in [0, 0.05) is 5.02 Å². The van der Waals surface area contributed by atoms with Crippen LogP contribution in [0.15, 0.2) is 42.5 Å².